The van der Waals surface area contributed by atoms with Gasteiger partial charge in [0.1, 0.15) is 0 Å². The highest BCUT2D eigenvalue weighted by Crippen LogP contribution is 2.05. The van der Waals surface area contributed by atoms with Crippen LogP contribution in [0.1, 0.15) is 47.0 Å². The minimum Gasteiger partial charge on any atom is -0.389 e. The smallest absolute Gasteiger partial charge is 0.0900 e. The molecule has 0 aromatic rings. The molecule has 98 valence electrons. The van der Waals surface area contributed by atoms with E-state index in [0.717, 1.165) is 13.1 Å². The monoisotopic (exact) mass is 231 g/mol. The molecule has 0 spiro atoms. The molecule has 3 heteroatoms. The Kier molecular flexibility index (Phi) is 9.99. The SMILES string of the molecule is CCCCCN(CC(O)COCC)C(C)C. The molecule has 0 aromatic carbocycles. The van der Waals surface area contributed by atoms with Crippen LogP contribution in [0, 0.1) is 0 Å². The third kappa shape index (κ3) is 8.08. The molecular formula is C13H29NO2. The van der Waals surface area contributed by atoms with Gasteiger partial charge in [-0.2, -0.15) is 0 Å². The summed E-state index contributed by atoms with van der Waals surface area (Å²) in [7, 11) is 0. The number of unbranched alkanes of at least 4 members (excludes halogenated alkanes) is 2. The first-order valence-electron chi connectivity index (χ1n) is 6.61. The van der Waals surface area contributed by atoms with Crippen molar-refractivity contribution in [2.75, 3.05) is 26.3 Å². The van der Waals surface area contributed by atoms with Crippen molar-refractivity contribution in [3.8, 4) is 0 Å². The van der Waals surface area contributed by atoms with Crippen LogP contribution in [0.3, 0.4) is 0 Å². The van der Waals surface area contributed by atoms with E-state index in [0.29, 0.717) is 19.3 Å². The normalized spacial score (nSPS) is 13.7. The Morgan fingerprint density at radius 1 is 1.19 bits per heavy atom. The Morgan fingerprint density at radius 2 is 1.88 bits per heavy atom. The van der Waals surface area contributed by atoms with Gasteiger partial charge in [0.15, 0.2) is 0 Å². The minimum atomic E-state index is -0.357. The van der Waals surface area contributed by atoms with Gasteiger partial charge in [0.2, 0.25) is 0 Å². The molecule has 0 rings (SSSR count). The zero-order valence-corrected chi connectivity index (χ0v) is 11.4. The molecule has 0 heterocycles. The summed E-state index contributed by atoms with van der Waals surface area (Å²) in [5, 5.41) is 9.79. The van der Waals surface area contributed by atoms with Crippen molar-refractivity contribution in [1.82, 2.24) is 4.90 Å². The standard InChI is InChI=1S/C13H29NO2/c1-5-7-8-9-14(12(3)4)10-13(15)11-16-6-2/h12-13,15H,5-11H2,1-4H3. The second kappa shape index (κ2) is 10.1. The lowest BCUT2D eigenvalue weighted by Crippen LogP contribution is -2.39. The first kappa shape index (κ1) is 15.9. The summed E-state index contributed by atoms with van der Waals surface area (Å²) >= 11 is 0. The van der Waals surface area contributed by atoms with E-state index in [4.69, 9.17) is 4.74 Å². The van der Waals surface area contributed by atoms with E-state index in [1.54, 1.807) is 0 Å². The molecule has 0 saturated heterocycles. The van der Waals surface area contributed by atoms with E-state index >= 15 is 0 Å². The van der Waals surface area contributed by atoms with Crippen LogP contribution in [0.5, 0.6) is 0 Å². The van der Waals surface area contributed by atoms with E-state index in [1.807, 2.05) is 6.92 Å². The van der Waals surface area contributed by atoms with E-state index in [1.165, 1.54) is 19.3 Å². The average molecular weight is 231 g/mol. The number of hydrogen-bond acceptors (Lipinski definition) is 3. The molecule has 0 saturated carbocycles. The molecule has 0 aliphatic carbocycles. The van der Waals surface area contributed by atoms with Gasteiger partial charge >= 0.3 is 0 Å². The van der Waals surface area contributed by atoms with E-state index in [2.05, 4.69) is 25.7 Å². The van der Waals surface area contributed by atoms with Crippen LogP contribution in [-0.4, -0.2) is 48.5 Å². The molecule has 0 fully saturated rings. The number of rotatable bonds is 10. The average Bonchev–Trinajstić information content (AvgIpc) is 2.25. The zero-order chi connectivity index (χ0) is 12.4. The van der Waals surface area contributed by atoms with Gasteiger partial charge in [0, 0.05) is 19.2 Å². The van der Waals surface area contributed by atoms with Crippen molar-refractivity contribution < 1.29 is 9.84 Å². The summed E-state index contributed by atoms with van der Waals surface area (Å²) in [5.74, 6) is 0. The number of ether oxygens (including phenoxy) is 1. The lowest BCUT2D eigenvalue weighted by Gasteiger charge is -2.28. The maximum Gasteiger partial charge on any atom is 0.0900 e. The largest absolute Gasteiger partial charge is 0.389 e. The van der Waals surface area contributed by atoms with Crippen molar-refractivity contribution in [1.29, 1.82) is 0 Å². The van der Waals surface area contributed by atoms with Gasteiger partial charge in [-0.3, -0.25) is 4.90 Å². The van der Waals surface area contributed by atoms with Crippen molar-refractivity contribution in [2.45, 2.75) is 59.1 Å². The second-order valence-electron chi connectivity index (χ2n) is 4.61. The molecule has 0 bridgehead atoms. The lowest BCUT2D eigenvalue weighted by atomic mass is 10.2. The maximum absolute atomic E-state index is 9.79. The fraction of sp³-hybridized carbons (Fsp3) is 1.00. The number of nitrogens with zero attached hydrogens (tertiary/aromatic N) is 1. The fourth-order valence-corrected chi connectivity index (χ4v) is 1.70. The van der Waals surface area contributed by atoms with Crippen molar-refractivity contribution >= 4 is 0 Å². The molecule has 16 heavy (non-hydrogen) atoms. The third-order valence-corrected chi connectivity index (χ3v) is 2.74. The van der Waals surface area contributed by atoms with Gasteiger partial charge in [0.05, 0.1) is 12.7 Å². The van der Waals surface area contributed by atoms with E-state index < -0.39 is 0 Å². The van der Waals surface area contributed by atoms with Crippen LogP contribution in [0.15, 0.2) is 0 Å². The van der Waals surface area contributed by atoms with E-state index in [9.17, 15) is 5.11 Å². The molecule has 0 aliphatic rings. The minimum absolute atomic E-state index is 0.357. The highest BCUT2D eigenvalue weighted by Gasteiger charge is 2.14. The molecule has 0 aromatic heterocycles. The molecule has 3 nitrogen and oxygen atoms in total. The molecule has 1 unspecified atom stereocenters. The quantitative estimate of drug-likeness (QED) is 0.586. The van der Waals surface area contributed by atoms with Crippen LogP contribution in [0.25, 0.3) is 0 Å². The van der Waals surface area contributed by atoms with Crippen molar-refractivity contribution in [2.24, 2.45) is 0 Å². The van der Waals surface area contributed by atoms with Crippen LogP contribution in [0.4, 0.5) is 0 Å². The molecule has 1 atom stereocenters. The number of aliphatic hydroxyl groups excluding tert-OH is 1. The summed E-state index contributed by atoms with van der Waals surface area (Å²) in [6, 6.07) is 0.494. The predicted octanol–water partition coefficient (Wildman–Crippen LogP) is 2.28. The fourth-order valence-electron chi connectivity index (χ4n) is 1.70. The number of aliphatic hydroxyl groups is 1. The van der Waals surface area contributed by atoms with Crippen LogP contribution < -0.4 is 0 Å². The van der Waals surface area contributed by atoms with Gasteiger partial charge in [-0.05, 0) is 33.7 Å². The van der Waals surface area contributed by atoms with Gasteiger partial charge in [0.25, 0.3) is 0 Å². The van der Waals surface area contributed by atoms with Crippen molar-refractivity contribution in [3.05, 3.63) is 0 Å². The molecule has 0 amide bonds. The van der Waals surface area contributed by atoms with E-state index in [-0.39, 0.29) is 6.10 Å². The first-order valence-corrected chi connectivity index (χ1v) is 6.61. The van der Waals surface area contributed by atoms with Crippen LogP contribution in [-0.2, 0) is 4.74 Å². The molecule has 1 N–H and O–H groups in total. The predicted molar refractivity (Wildman–Crippen MR) is 68.7 cm³/mol. The highest BCUT2D eigenvalue weighted by molar-refractivity contribution is 4.68. The highest BCUT2D eigenvalue weighted by atomic mass is 16.5. The van der Waals surface area contributed by atoms with Gasteiger partial charge in [-0.15, -0.1) is 0 Å². The van der Waals surface area contributed by atoms with Gasteiger partial charge in [-0.1, -0.05) is 19.8 Å². The molecular weight excluding hydrogens is 202 g/mol. The summed E-state index contributed by atoms with van der Waals surface area (Å²) in [6.07, 6.45) is 3.37. The van der Waals surface area contributed by atoms with Crippen molar-refractivity contribution in [3.63, 3.8) is 0 Å². The van der Waals surface area contributed by atoms with Gasteiger partial charge in [-0.25, -0.2) is 0 Å². The summed E-state index contributed by atoms with van der Waals surface area (Å²) in [6.45, 7) is 11.5. The van der Waals surface area contributed by atoms with Crippen LogP contribution in [0.2, 0.25) is 0 Å². The third-order valence-electron chi connectivity index (χ3n) is 2.74. The summed E-state index contributed by atoms with van der Waals surface area (Å²) in [5.41, 5.74) is 0. The van der Waals surface area contributed by atoms with Crippen LogP contribution >= 0.6 is 0 Å². The Labute approximate surface area is 101 Å². The summed E-state index contributed by atoms with van der Waals surface area (Å²) in [4.78, 5) is 2.33. The Morgan fingerprint density at radius 3 is 2.38 bits per heavy atom. The molecule has 0 aliphatic heterocycles. The zero-order valence-electron chi connectivity index (χ0n) is 11.4. The Bertz CT molecular complexity index is 151. The number of hydrogen-bond donors (Lipinski definition) is 1. The lowest BCUT2D eigenvalue weighted by molar-refractivity contribution is 0.0149. The molecule has 0 radical (unpaired) electrons. The van der Waals surface area contributed by atoms with Gasteiger partial charge < -0.3 is 9.84 Å². The summed E-state index contributed by atoms with van der Waals surface area (Å²) < 4.78 is 5.22. The maximum atomic E-state index is 9.79. The topological polar surface area (TPSA) is 32.7 Å². The Balaban J connectivity index is 3.82. The Hall–Kier alpha value is -0.120. The first-order chi connectivity index (χ1) is 7.61. The second-order valence-corrected chi connectivity index (χ2v) is 4.61.